The second-order valence-corrected chi connectivity index (χ2v) is 3.16. The van der Waals surface area contributed by atoms with Crippen molar-refractivity contribution in [1.29, 1.82) is 0 Å². The summed E-state index contributed by atoms with van der Waals surface area (Å²) in [5, 5.41) is 0. The van der Waals surface area contributed by atoms with Gasteiger partial charge in [-0.05, 0) is 12.2 Å². The highest BCUT2D eigenvalue weighted by Crippen LogP contribution is 2.37. The van der Waals surface area contributed by atoms with Crippen molar-refractivity contribution in [1.82, 2.24) is 0 Å². The quantitative estimate of drug-likeness (QED) is 0.474. The van der Waals surface area contributed by atoms with E-state index in [1.807, 2.05) is 0 Å². The average molecular weight is 178 g/mol. The Balaban J connectivity index is 2.62. The molecule has 0 radical (unpaired) electrons. The molecule has 0 aromatic carbocycles. The van der Waals surface area contributed by atoms with Crippen molar-refractivity contribution < 1.29 is 19.2 Å². The fraction of sp³-hybridized carbons (Fsp3) is 0.333. The molecule has 0 heterocycles. The van der Waals surface area contributed by atoms with Crippen molar-refractivity contribution in [2.45, 2.75) is 12.8 Å². The topological polar surface area (TPSA) is 68.3 Å². The lowest BCUT2D eigenvalue weighted by atomic mass is 9.80. The van der Waals surface area contributed by atoms with Gasteiger partial charge < -0.3 is 0 Å². The molecular formula is C9H6O4. The van der Waals surface area contributed by atoms with Gasteiger partial charge >= 0.3 is 0 Å². The predicted octanol–water partition coefficient (Wildman–Crippen LogP) is -0.387. The molecule has 1 spiro atoms. The van der Waals surface area contributed by atoms with Gasteiger partial charge in [0.25, 0.3) is 0 Å². The number of hydrogen-bond donors (Lipinski definition) is 0. The first-order valence-corrected chi connectivity index (χ1v) is 3.93. The summed E-state index contributed by atoms with van der Waals surface area (Å²) in [6.45, 7) is 0. The molecule has 4 nitrogen and oxygen atoms in total. The lowest BCUT2D eigenvalue weighted by molar-refractivity contribution is -0.146. The minimum atomic E-state index is -1.94. The maximum atomic E-state index is 11.3. The molecule has 0 atom stereocenters. The fourth-order valence-corrected chi connectivity index (χ4v) is 1.83. The lowest BCUT2D eigenvalue weighted by Gasteiger charge is -2.14. The molecule has 2 rings (SSSR count). The van der Waals surface area contributed by atoms with E-state index in [1.54, 1.807) is 0 Å². The van der Waals surface area contributed by atoms with Gasteiger partial charge in [-0.2, -0.15) is 0 Å². The first kappa shape index (κ1) is 8.04. The molecule has 66 valence electrons. The average Bonchev–Trinajstić information content (AvgIpc) is 2.53. The van der Waals surface area contributed by atoms with E-state index in [4.69, 9.17) is 0 Å². The van der Waals surface area contributed by atoms with Crippen LogP contribution in [-0.4, -0.2) is 23.1 Å². The number of hydrogen-bond acceptors (Lipinski definition) is 4. The Labute approximate surface area is 73.6 Å². The van der Waals surface area contributed by atoms with Crippen LogP contribution in [0.3, 0.4) is 0 Å². The van der Waals surface area contributed by atoms with Crippen LogP contribution in [0.25, 0.3) is 0 Å². The van der Waals surface area contributed by atoms with Crippen LogP contribution < -0.4 is 0 Å². The normalized spacial score (nSPS) is 25.2. The van der Waals surface area contributed by atoms with Crippen LogP contribution in [0.2, 0.25) is 0 Å². The van der Waals surface area contributed by atoms with Gasteiger partial charge in [0.15, 0.2) is 23.1 Å². The maximum absolute atomic E-state index is 11.3. The second kappa shape index (κ2) is 2.22. The van der Waals surface area contributed by atoms with Crippen LogP contribution in [-0.2, 0) is 19.2 Å². The largest absolute Gasteiger partial charge is 0.298 e. The predicted molar refractivity (Wildman–Crippen MR) is 40.8 cm³/mol. The summed E-state index contributed by atoms with van der Waals surface area (Å²) in [5.41, 5.74) is -1.94. The van der Waals surface area contributed by atoms with Gasteiger partial charge in [-0.1, -0.05) is 0 Å². The number of carbonyl (C=O) groups excluding carboxylic acids is 4. The Kier molecular flexibility index (Phi) is 1.37. The highest BCUT2D eigenvalue weighted by Gasteiger charge is 2.61. The van der Waals surface area contributed by atoms with E-state index >= 15 is 0 Å². The minimum Gasteiger partial charge on any atom is -0.298 e. The number of allylic oxidation sites excluding steroid dienone is 2. The van der Waals surface area contributed by atoms with Crippen LogP contribution in [0.1, 0.15) is 12.8 Å². The second-order valence-electron chi connectivity index (χ2n) is 3.16. The van der Waals surface area contributed by atoms with Crippen LogP contribution in [0, 0.1) is 5.41 Å². The van der Waals surface area contributed by atoms with Crippen molar-refractivity contribution >= 4 is 23.1 Å². The molecule has 2 aliphatic rings. The van der Waals surface area contributed by atoms with Crippen LogP contribution in [0.5, 0.6) is 0 Å². The maximum Gasteiger partial charge on any atom is 0.211 e. The standard InChI is InChI=1S/C9H6O4/c10-5-1-2-6(11)9(5)7(12)3-4-8(9)13/h1-2H,3-4H2. The van der Waals surface area contributed by atoms with Crippen LogP contribution >= 0.6 is 0 Å². The Hall–Kier alpha value is -1.58. The molecule has 2 aliphatic carbocycles. The van der Waals surface area contributed by atoms with E-state index in [0.29, 0.717) is 0 Å². The van der Waals surface area contributed by atoms with Crippen molar-refractivity contribution in [3.05, 3.63) is 12.2 Å². The summed E-state index contributed by atoms with van der Waals surface area (Å²) in [5.74, 6) is -2.41. The molecular weight excluding hydrogens is 172 g/mol. The highest BCUT2D eigenvalue weighted by molar-refractivity contribution is 6.47. The monoisotopic (exact) mass is 178 g/mol. The van der Waals surface area contributed by atoms with E-state index < -0.39 is 28.5 Å². The molecule has 0 bridgehead atoms. The summed E-state index contributed by atoms with van der Waals surface area (Å²) in [4.78, 5) is 45.2. The molecule has 0 saturated heterocycles. The number of Topliss-reactive ketones (excluding diaryl/α,β-unsaturated/α-hetero) is 2. The third kappa shape index (κ3) is 0.703. The summed E-state index contributed by atoms with van der Waals surface area (Å²) in [7, 11) is 0. The van der Waals surface area contributed by atoms with Crippen LogP contribution in [0.15, 0.2) is 12.2 Å². The van der Waals surface area contributed by atoms with Gasteiger partial charge in [0.05, 0.1) is 0 Å². The molecule has 4 heteroatoms. The van der Waals surface area contributed by atoms with E-state index in [9.17, 15) is 19.2 Å². The van der Waals surface area contributed by atoms with Crippen molar-refractivity contribution in [2.24, 2.45) is 5.41 Å². The molecule has 0 amide bonds. The molecule has 0 aromatic heterocycles. The molecule has 0 aromatic rings. The minimum absolute atomic E-state index is 0.0119. The molecule has 1 fully saturated rings. The molecule has 13 heavy (non-hydrogen) atoms. The highest BCUT2D eigenvalue weighted by atomic mass is 16.2. The van der Waals surface area contributed by atoms with Gasteiger partial charge in [-0.15, -0.1) is 0 Å². The number of ketones is 4. The Morgan fingerprint density at radius 1 is 0.846 bits per heavy atom. The zero-order valence-electron chi connectivity index (χ0n) is 6.70. The number of rotatable bonds is 0. The van der Waals surface area contributed by atoms with Gasteiger partial charge in [-0.25, -0.2) is 0 Å². The van der Waals surface area contributed by atoms with Gasteiger partial charge in [0.2, 0.25) is 5.41 Å². The number of carbonyl (C=O) groups is 4. The lowest BCUT2D eigenvalue weighted by Crippen LogP contribution is -2.43. The molecule has 0 unspecified atom stereocenters. The molecule has 0 aliphatic heterocycles. The summed E-state index contributed by atoms with van der Waals surface area (Å²) in [6, 6.07) is 0. The van der Waals surface area contributed by atoms with E-state index in [-0.39, 0.29) is 12.8 Å². The Morgan fingerprint density at radius 2 is 1.23 bits per heavy atom. The van der Waals surface area contributed by atoms with Gasteiger partial charge in [-0.3, -0.25) is 19.2 Å². The first-order chi connectivity index (χ1) is 6.10. The SMILES string of the molecule is O=C1C=CC(=O)C12C(=O)CCC2=O. The van der Waals surface area contributed by atoms with E-state index in [0.717, 1.165) is 12.2 Å². The summed E-state index contributed by atoms with van der Waals surface area (Å²) in [6.07, 6.45) is 2.06. The van der Waals surface area contributed by atoms with Crippen molar-refractivity contribution in [2.75, 3.05) is 0 Å². The fourth-order valence-electron chi connectivity index (χ4n) is 1.83. The van der Waals surface area contributed by atoms with Gasteiger partial charge in [0, 0.05) is 12.8 Å². The Morgan fingerprint density at radius 3 is 1.62 bits per heavy atom. The summed E-state index contributed by atoms with van der Waals surface area (Å²) < 4.78 is 0. The van der Waals surface area contributed by atoms with Gasteiger partial charge in [0.1, 0.15) is 0 Å². The third-order valence-corrected chi connectivity index (χ3v) is 2.54. The smallest absolute Gasteiger partial charge is 0.211 e. The summed E-state index contributed by atoms with van der Waals surface area (Å²) >= 11 is 0. The van der Waals surface area contributed by atoms with E-state index in [1.165, 1.54) is 0 Å². The van der Waals surface area contributed by atoms with Crippen molar-refractivity contribution in [3.63, 3.8) is 0 Å². The zero-order chi connectivity index (χ0) is 9.64. The van der Waals surface area contributed by atoms with E-state index in [2.05, 4.69) is 0 Å². The Bertz CT molecular complexity index is 339. The third-order valence-electron chi connectivity index (χ3n) is 2.54. The molecule has 0 N–H and O–H groups in total. The molecule has 1 saturated carbocycles. The van der Waals surface area contributed by atoms with Crippen LogP contribution in [0.4, 0.5) is 0 Å². The first-order valence-electron chi connectivity index (χ1n) is 3.93. The zero-order valence-corrected chi connectivity index (χ0v) is 6.70. The van der Waals surface area contributed by atoms with Crippen molar-refractivity contribution in [3.8, 4) is 0 Å².